The molecule has 30 heavy (non-hydrogen) atoms. The van der Waals surface area contributed by atoms with Crippen molar-refractivity contribution in [1.29, 1.82) is 0 Å². The number of amides is 2. The van der Waals surface area contributed by atoms with E-state index in [0.29, 0.717) is 35.1 Å². The van der Waals surface area contributed by atoms with Gasteiger partial charge < -0.3 is 10.6 Å². The molecule has 0 bridgehead atoms. The molecule has 2 aromatic heterocycles. The van der Waals surface area contributed by atoms with Gasteiger partial charge in [0.05, 0.1) is 16.4 Å². The van der Waals surface area contributed by atoms with Gasteiger partial charge in [0.1, 0.15) is 11.3 Å². The normalized spacial score (nSPS) is 10.9. The van der Waals surface area contributed by atoms with Crippen molar-refractivity contribution in [2.45, 2.75) is 46.5 Å². The lowest BCUT2D eigenvalue weighted by Crippen LogP contribution is -2.26. The maximum absolute atomic E-state index is 12.5. The molecule has 0 aliphatic carbocycles. The van der Waals surface area contributed by atoms with Crippen LogP contribution in [0.25, 0.3) is 5.65 Å². The zero-order chi connectivity index (χ0) is 21.7. The lowest BCUT2D eigenvalue weighted by atomic mass is 10.1. The Balaban J connectivity index is 1.40. The van der Waals surface area contributed by atoms with E-state index in [2.05, 4.69) is 15.6 Å². The third-order valence-electron chi connectivity index (χ3n) is 4.98. The second-order valence-corrected chi connectivity index (χ2v) is 7.94. The van der Waals surface area contributed by atoms with Gasteiger partial charge in [-0.1, -0.05) is 30.2 Å². The van der Waals surface area contributed by atoms with Gasteiger partial charge in [-0.05, 0) is 62.9 Å². The molecule has 0 aliphatic heterocycles. The highest BCUT2D eigenvalue weighted by Crippen LogP contribution is 2.27. The van der Waals surface area contributed by atoms with E-state index in [0.717, 1.165) is 36.0 Å². The molecule has 2 heterocycles. The second-order valence-electron chi connectivity index (χ2n) is 7.53. The molecule has 7 heteroatoms. The Hall–Kier alpha value is -2.86. The van der Waals surface area contributed by atoms with Crippen LogP contribution in [0.1, 0.15) is 53.0 Å². The van der Waals surface area contributed by atoms with Gasteiger partial charge in [-0.2, -0.15) is 0 Å². The van der Waals surface area contributed by atoms with Crippen molar-refractivity contribution in [2.24, 2.45) is 0 Å². The summed E-state index contributed by atoms with van der Waals surface area (Å²) in [6, 6.07) is 9.49. The molecular weight excluding hydrogens is 400 g/mol. The molecule has 1 aromatic carbocycles. The van der Waals surface area contributed by atoms with Gasteiger partial charge in [0, 0.05) is 19.2 Å². The van der Waals surface area contributed by atoms with Gasteiger partial charge in [0.2, 0.25) is 5.91 Å². The van der Waals surface area contributed by atoms with Crippen LogP contribution in [0.5, 0.6) is 0 Å². The summed E-state index contributed by atoms with van der Waals surface area (Å²) in [4.78, 5) is 29.1. The van der Waals surface area contributed by atoms with Gasteiger partial charge in [-0.15, -0.1) is 0 Å². The number of unbranched alkanes of at least 4 members (excludes halogenated alkanes) is 2. The Morgan fingerprint density at radius 1 is 1.10 bits per heavy atom. The minimum atomic E-state index is -0.131. The van der Waals surface area contributed by atoms with Crippen molar-refractivity contribution in [1.82, 2.24) is 14.7 Å². The number of fused-ring (bicyclic) bond motifs is 1. The molecule has 2 N–H and O–H groups in total. The number of rotatable bonds is 8. The quantitative estimate of drug-likeness (QED) is 0.506. The predicted molar refractivity (Wildman–Crippen MR) is 120 cm³/mol. The first-order valence-corrected chi connectivity index (χ1v) is 10.5. The van der Waals surface area contributed by atoms with Crippen molar-refractivity contribution in [3.05, 3.63) is 64.1 Å². The van der Waals surface area contributed by atoms with Crippen molar-refractivity contribution in [3.8, 4) is 0 Å². The third kappa shape index (κ3) is 5.19. The van der Waals surface area contributed by atoms with Gasteiger partial charge in [-0.25, -0.2) is 4.98 Å². The van der Waals surface area contributed by atoms with Crippen molar-refractivity contribution in [2.75, 3.05) is 11.9 Å². The maximum atomic E-state index is 12.5. The van der Waals surface area contributed by atoms with Gasteiger partial charge in [0.15, 0.2) is 0 Å². The van der Waals surface area contributed by atoms with E-state index < -0.39 is 0 Å². The third-order valence-corrected chi connectivity index (χ3v) is 5.28. The van der Waals surface area contributed by atoms with Crippen LogP contribution in [0.3, 0.4) is 0 Å². The zero-order valence-corrected chi connectivity index (χ0v) is 18.3. The van der Waals surface area contributed by atoms with E-state index in [4.69, 9.17) is 11.6 Å². The topological polar surface area (TPSA) is 75.5 Å². The second kappa shape index (κ2) is 9.76. The predicted octanol–water partition coefficient (Wildman–Crippen LogP) is 4.84. The number of nitrogens with zero attached hydrogens (tertiary/aromatic N) is 2. The van der Waals surface area contributed by atoms with Crippen LogP contribution < -0.4 is 10.6 Å². The first kappa shape index (κ1) is 21.8. The molecular formula is C23H27ClN4O2. The van der Waals surface area contributed by atoms with Crippen LogP contribution >= 0.6 is 11.6 Å². The van der Waals surface area contributed by atoms with Crippen molar-refractivity contribution >= 4 is 34.7 Å². The fourth-order valence-electron chi connectivity index (χ4n) is 3.54. The highest BCUT2D eigenvalue weighted by atomic mass is 35.5. The lowest BCUT2D eigenvalue weighted by molar-refractivity contribution is -0.116. The number of pyridine rings is 1. The number of benzene rings is 1. The molecule has 0 saturated heterocycles. The van der Waals surface area contributed by atoms with Gasteiger partial charge in [-0.3, -0.25) is 14.0 Å². The van der Waals surface area contributed by atoms with Crippen molar-refractivity contribution in [3.63, 3.8) is 0 Å². The molecule has 0 saturated carbocycles. The molecule has 2 amide bonds. The molecule has 0 radical (unpaired) electrons. The SMILES string of the molecule is Cc1cc(C)c(NC(=O)CCCCCNC(=O)c2c(C)nc3ccccn23)c(Cl)c1. The summed E-state index contributed by atoms with van der Waals surface area (Å²) < 4.78 is 1.80. The zero-order valence-electron chi connectivity index (χ0n) is 17.6. The summed E-state index contributed by atoms with van der Waals surface area (Å²) in [5, 5.41) is 6.42. The summed E-state index contributed by atoms with van der Waals surface area (Å²) in [5.74, 6) is -0.178. The number of imidazole rings is 1. The molecule has 0 fully saturated rings. The lowest BCUT2D eigenvalue weighted by Gasteiger charge is -2.11. The van der Waals surface area contributed by atoms with E-state index in [1.165, 1.54) is 0 Å². The van der Waals surface area contributed by atoms with Crippen LogP contribution in [-0.4, -0.2) is 27.7 Å². The molecule has 3 aromatic rings. The summed E-state index contributed by atoms with van der Waals surface area (Å²) in [6.45, 7) is 6.30. The number of aromatic nitrogens is 2. The fraction of sp³-hybridized carbons (Fsp3) is 0.348. The molecule has 3 rings (SSSR count). The van der Waals surface area contributed by atoms with E-state index in [-0.39, 0.29) is 11.8 Å². The fourth-order valence-corrected chi connectivity index (χ4v) is 3.90. The highest BCUT2D eigenvalue weighted by Gasteiger charge is 2.15. The van der Waals surface area contributed by atoms with E-state index >= 15 is 0 Å². The molecule has 0 atom stereocenters. The Bertz CT molecular complexity index is 1050. The monoisotopic (exact) mass is 426 g/mol. The number of aryl methyl sites for hydroxylation is 3. The van der Waals surface area contributed by atoms with Crippen molar-refractivity contribution < 1.29 is 9.59 Å². The van der Waals surface area contributed by atoms with Crippen LogP contribution in [0, 0.1) is 20.8 Å². The Morgan fingerprint density at radius 2 is 1.90 bits per heavy atom. The van der Waals surface area contributed by atoms with Crippen LogP contribution in [-0.2, 0) is 4.79 Å². The van der Waals surface area contributed by atoms with E-state index in [1.807, 2.05) is 57.3 Å². The summed E-state index contributed by atoms with van der Waals surface area (Å²) in [5.41, 5.74) is 4.74. The molecule has 0 unspecified atom stereocenters. The molecule has 0 aliphatic rings. The standard InChI is InChI=1S/C23H27ClN4O2/c1-15-13-16(2)21(18(24)14-15)27-20(29)10-5-4-7-11-25-23(30)22-17(3)26-19-9-6-8-12-28(19)22/h6,8-9,12-14H,4-5,7,10-11H2,1-3H3,(H,25,30)(H,27,29). The highest BCUT2D eigenvalue weighted by molar-refractivity contribution is 6.34. The largest absolute Gasteiger partial charge is 0.351 e. The van der Waals surface area contributed by atoms with E-state index in [9.17, 15) is 9.59 Å². The minimum absolute atomic E-state index is 0.0470. The average Bonchev–Trinajstić information content (AvgIpc) is 3.03. The summed E-state index contributed by atoms with van der Waals surface area (Å²) in [6.07, 6.45) is 4.66. The maximum Gasteiger partial charge on any atom is 0.270 e. The number of carbonyl (C=O) groups excluding carboxylic acids is 2. The summed E-state index contributed by atoms with van der Waals surface area (Å²) >= 11 is 6.24. The molecule has 0 spiro atoms. The number of hydrogen-bond acceptors (Lipinski definition) is 3. The van der Waals surface area contributed by atoms with Crippen LogP contribution in [0.2, 0.25) is 5.02 Å². The Kier molecular flexibility index (Phi) is 7.11. The number of carbonyl (C=O) groups is 2. The number of halogens is 1. The first-order valence-electron chi connectivity index (χ1n) is 10.2. The summed E-state index contributed by atoms with van der Waals surface area (Å²) in [7, 11) is 0. The smallest absolute Gasteiger partial charge is 0.270 e. The average molecular weight is 427 g/mol. The van der Waals surface area contributed by atoms with E-state index in [1.54, 1.807) is 4.40 Å². The molecule has 6 nitrogen and oxygen atoms in total. The Labute approximate surface area is 181 Å². The number of anilines is 1. The number of nitrogens with one attached hydrogen (secondary N) is 2. The van der Waals surface area contributed by atoms with Crippen LogP contribution in [0.4, 0.5) is 5.69 Å². The molecule has 158 valence electrons. The first-order chi connectivity index (χ1) is 14.4. The number of hydrogen-bond donors (Lipinski definition) is 2. The minimum Gasteiger partial charge on any atom is -0.351 e. The van der Waals surface area contributed by atoms with Gasteiger partial charge in [0.25, 0.3) is 5.91 Å². The van der Waals surface area contributed by atoms with Crippen LogP contribution in [0.15, 0.2) is 36.5 Å². The van der Waals surface area contributed by atoms with Gasteiger partial charge >= 0.3 is 0 Å². The Morgan fingerprint density at radius 3 is 2.67 bits per heavy atom.